The van der Waals surface area contributed by atoms with Gasteiger partial charge in [-0.05, 0) is 46.8 Å². The van der Waals surface area contributed by atoms with Crippen LogP contribution in [0.15, 0.2) is 65.3 Å². The average Bonchev–Trinajstić information content (AvgIpc) is 3.35. The normalized spacial score (nSPS) is 12.1. The van der Waals surface area contributed by atoms with Crippen LogP contribution in [0.1, 0.15) is 5.69 Å². The largest absolute Gasteiger partial charge is 0.456 e. The van der Waals surface area contributed by atoms with Crippen molar-refractivity contribution in [2.45, 2.75) is 6.18 Å². The first kappa shape index (κ1) is 16.4. The minimum absolute atomic E-state index is 0.181. The molecule has 0 unspecified atom stereocenters. The lowest BCUT2D eigenvalue weighted by molar-refractivity contribution is -0.140. The second-order valence-corrected chi connectivity index (χ2v) is 6.16. The summed E-state index contributed by atoms with van der Waals surface area (Å²) >= 11 is 0. The van der Waals surface area contributed by atoms with Gasteiger partial charge in [0.05, 0.1) is 11.2 Å². The van der Waals surface area contributed by atoms with Gasteiger partial charge in [-0.15, -0.1) is 5.10 Å². The molecule has 0 spiro atoms. The standard InChI is InChI=1S/C19H10F3N5O/c20-19(21,22)18-9-15(27-10-23-25-26-27)13-7-12(5-6-14(13)24-18)17-8-11-3-1-2-4-16(11)28-17/h1-10H. The fourth-order valence-corrected chi connectivity index (χ4v) is 3.09. The van der Waals surface area contributed by atoms with Gasteiger partial charge in [-0.25, -0.2) is 4.98 Å². The van der Waals surface area contributed by atoms with Crippen molar-refractivity contribution in [2.24, 2.45) is 0 Å². The summed E-state index contributed by atoms with van der Waals surface area (Å²) < 4.78 is 46.8. The number of aromatic nitrogens is 5. The molecule has 0 saturated heterocycles. The Labute approximate surface area is 155 Å². The van der Waals surface area contributed by atoms with Gasteiger partial charge >= 0.3 is 6.18 Å². The summed E-state index contributed by atoms with van der Waals surface area (Å²) in [6.07, 6.45) is -3.35. The van der Waals surface area contributed by atoms with Crippen molar-refractivity contribution < 1.29 is 17.6 Å². The fraction of sp³-hybridized carbons (Fsp3) is 0.0526. The summed E-state index contributed by atoms with van der Waals surface area (Å²) in [6, 6.07) is 15.3. The van der Waals surface area contributed by atoms with Gasteiger partial charge in [0.15, 0.2) is 0 Å². The molecule has 3 aromatic heterocycles. The smallest absolute Gasteiger partial charge is 0.433 e. The molecule has 5 aromatic rings. The molecule has 0 bridgehead atoms. The first-order valence-electron chi connectivity index (χ1n) is 8.23. The summed E-state index contributed by atoms with van der Waals surface area (Å²) in [6.45, 7) is 0. The Bertz CT molecular complexity index is 1280. The maximum absolute atomic E-state index is 13.3. The van der Waals surface area contributed by atoms with E-state index in [0.717, 1.165) is 17.0 Å². The van der Waals surface area contributed by atoms with Crippen molar-refractivity contribution in [3.63, 3.8) is 0 Å². The van der Waals surface area contributed by atoms with Crippen LogP contribution in [-0.2, 0) is 6.18 Å². The van der Waals surface area contributed by atoms with Gasteiger partial charge in [0, 0.05) is 16.3 Å². The van der Waals surface area contributed by atoms with Crippen LogP contribution in [0, 0.1) is 0 Å². The van der Waals surface area contributed by atoms with Crippen molar-refractivity contribution in [3.05, 3.63) is 66.6 Å². The van der Waals surface area contributed by atoms with E-state index in [9.17, 15) is 13.2 Å². The summed E-state index contributed by atoms with van der Waals surface area (Å²) in [7, 11) is 0. The van der Waals surface area contributed by atoms with Crippen LogP contribution in [0.5, 0.6) is 0 Å². The summed E-state index contributed by atoms with van der Waals surface area (Å²) in [5.74, 6) is 0.602. The molecule has 138 valence electrons. The Morgan fingerprint density at radius 2 is 1.82 bits per heavy atom. The van der Waals surface area contributed by atoms with Crippen molar-refractivity contribution in [1.29, 1.82) is 0 Å². The van der Waals surface area contributed by atoms with E-state index in [1.54, 1.807) is 12.1 Å². The zero-order chi connectivity index (χ0) is 19.3. The molecule has 28 heavy (non-hydrogen) atoms. The molecule has 3 heterocycles. The highest BCUT2D eigenvalue weighted by molar-refractivity contribution is 5.92. The molecular weight excluding hydrogens is 371 g/mol. The van der Waals surface area contributed by atoms with Crippen LogP contribution >= 0.6 is 0 Å². The van der Waals surface area contributed by atoms with Crippen molar-refractivity contribution in [2.75, 3.05) is 0 Å². The van der Waals surface area contributed by atoms with E-state index in [1.165, 1.54) is 17.1 Å². The van der Waals surface area contributed by atoms with E-state index in [4.69, 9.17) is 4.42 Å². The Hall–Kier alpha value is -3.75. The van der Waals surface area contributed by atoms with Crippen LogP contribution in [0.4, 0.5) is 13.2 Å². The predicted molar refractivity (Wildman–Crippen MR) is 94.7 cm³/mol. The lowest BCUT2D eigenvalue weighted by Gasteiger charge is -2.12. The third-order valence-corrected chi connectivity index (χ3v) is 4.38. The van der Waals surface area contributed by atoms with Crippen LogP contribution in [0.25, 0.3) is 38.9 Å². The Morgan fingerprint density at radius 3 is 2.57 bits per heavy atom. The highest BCUT2D eigenvalue weighted by Crippen LogP contribution is 2.35. The van der Waals surface area contributed by atoms with E-state index in [-0.39, 0.29) is 11.2 Å². The highest BCUT2D eigenvalue weighted by atomic mass is 19.4. The van der Waals surface area contributed by atoms with E-state index < -0.39 is 11.9 Å². The number of nitrogens with zero attached hydrogens (tertiary/aromatic N) is 5. The average molecular weight is 381 g/mol. The first-order chi connectivity index (χ1) is 13.5. The predicted octanol–water partition coefficient (Wildman–Crippen LogP) is 4.64. The quantitative estimate of drug-likeness (QED) is 0.445. The highest BCUT2D eigenvalue weighted by Gasteiger charge is 2.33. The third-order valence-electron chi connectivity index (χ3n) is 4.38. The number of rotatable bonds is 2. The number of alkyl halides is 3. The van der Waals surface area contributed by atoms with Crippen molar-refractivity contribution in [3.8, 4) is 17.0 Å². The summed E-state index contributed by atoms with van der Waals surface area (Å²) in [4.78, 5) is 3.76. The molecule has 0 amide bonds. The molecule has 0 aliphatic carbocycles. The lowest BCUT2D eigenvalue weighted by Crippen LogP contribution is -2.10. The molecule has 6 nitrogen and oxygen atoms in total. The molecule has 9 heteroatoms. The van der Waals surface area contributed by atoms with Gasteiger partial charge in [0.2, 0.25) is 0 Å². The van der Waals surface area contributed by atoms with Crippen LogP contribution in [0.3, 0.4) is 0 Å². The van der Waals surface area contributed by atoms with Gasteiger partial charge in [-0.2, -0.15) is 17.9 Å². The van der Waals surface area contributed by atoms with Gasteiger partial charge in [-0.3, -0.25) is 0 Å². The molecule has 2 aromatic carbocycles. The Morgan fingerprint density at radius 1 is 0.964 bits per heavy atom. The van der Waals surface area contributed by atoms with Gasteiger partial charge in [0.25, 0.3) is 0 Å². The molecule has 0 fully saturated rings. The molecule has 0 N–H and O–H groups in total. The zero-order valence-corrected chi connectivity index (χ0v) is 14.1. The van der Waals surface area contributed by atoms with E-state index in [0.29, 0.717) is 16.7 Å². The van der Waals surface area contributed by atoms with E-state index in [2.05, 4.69) is 20.5 Å². The van der Waals surface area contributed by atoms with Gasteiger partial charge in [0.1, 0.15) is 23.4 Å². The maximum atomic E-state index is 13.3. The molecule has 0 aliphatic heterocycles. The number of tetrazole rings is 1. The number of pyridine rings is 1. The minimum atomic E-state index is -4.59. The van der Waals surface area contributed by atoms with Gasteiger partial charge < -0.3 is 4.42 Å². The number of para-hydroxylation sites is 1. The van der Waals surface area contributed by atoms with Crippen LogP contribution < -0.4 is 0 Å². The van der Waals surface area contributed by atoms with Crippen LogP contribution in [0.2, 0.25) is 0 Å². The number of halogens is 3. The summed E-state index contributed by atoms with van der Waals surface area (Å²) in [5, 5.41) is 12.2. The van der Waals surface area contributed by atoms with E-state index in [1.807, 2.05) is 30.3 Å². The third kappa shape index (κ3) is 2.68. The van der Waals surface area contributed by atoms with Gasteiger partial charge in [-0.1, -0.05) is 18.2 Å². The molecule has 0 aliphatic rings. The minimum Gasteiger partial charge on any atom is -0.456 e. The topological polar surface area (TPSA) is 69.6 Å². The summed E-state index contributed by atoms with van der Waals surface area (Å²) in [5.41, 5.74) is 0.783. The van der Waals surface area contributed by atoms with Crippen LogP contribution in [-0.4, -0.2) is 25.2 Å². The molecule has 0 radical (unpaired) electrons. The first-order valence-corrected chi connectivity index (χ1v) is 8.23. The number of benzene rings is 2. The molecular formula is C19H10F3N5O. The number of hydrogen-bond acceptors (Lipinski definition) is 5. The second-order valence-electron chi connectivity index (χ2n) is 6.16. The monoisotopic (exact) mass is 381 g/mol. The Kier molecular flexibility index (Phi) is 3.45. The van der Waals surface area contributed by atoms with Crippen molar-refractivity contribution >= 4 is 21.9 Å². The molecule has 0 saturated carbocycles. The molecule has 5 rings (SSSR count). The number of fused-ring (bicyclic) bond motifs is 2. The van der Waals surface area contributed by atoms with E-state index >= 15 is 0 Å². The Balaban J connectivity index is 1.75. The molecule has 0 atom stereocenters. The fourth-order valence-electron chi connectivity index (χ4n) is 3.09. The number of hydrogen-bond donors (Lipinski definition) is 0. The lowest BCUT2D eigenvalue weighted by atomic mass is 10.1. The van der Waals surface area contributed by atoms with Crippen molar-refractivity contribution in [1.82, 2.24) is 25.2 Å². The number of furan rings is 1. The second kappa shape index (κ2) is 5.88. The maximum Gasteiger partial charge on any atom is 0.433 e. The zero-order valence-electron chi connectivity index (χ0n) is 14.1. The SMILES string of the molecule is FC(F)(F)c1cc(-n2cnnn2)c2cc(-c3cc4ccccc4o3)ccc2n1.